The summed E-state index contributed by atoms with van der Waals surface area (Å²) in [5, 5.41) is 18.5. The van der Waals surface area contributed by atoms with Crippen LogP contribution in [0.2, 0.25) is 0 Å². The van der Waals surface area contributed by atoms with Crippen LogP contribution in [0, 0.1) is 0 Å². The summed E-state index contributed by atoms with van der Waals surface area (Å²) in [6.07, 6.45) is 0. The van der Waals surface area contributed by atoms with Crippen molar-refractivity contribution < 1.29 is 19.8 Å². The Morgan fingerprint density at radius 2 is 1.03 bits per heavy atom. The summed E-state index contributed by atoms with van der Waals surface area (Å²) in [4.78, 5) is 35.6. The molecule has 0 spiro atoms. The van der Waals surface area contributed by atoms with E-state index in [9.17, 15) is 19.8 Å². The summed E-state index contributed by atoms with van der Waals surface area (Å²) in [5.41, 5.74) is 3.26. The van der Waals surface area contributed by atoms with Gasteiger partial charge in [-0.25, -0.2) is 24.5 Å². The van der Waals surface area contributed by atoms with Crippen LogP contribution in [0.3, 0.4) is 0 Å². The van der Waals surface area contributed by atoms with E-state index in [1.807, 2.05) is 42.5 Å². The van der Waals surface area contributed by atoms with Gasteiger partial charge in [-0.3, -0.25) is 0 Å². The highest BCUT2D eigenvalue weighted by Crippen LogP contribution is 2.29. The van der Waals surface area contributed by atoms with Crippen molar-refractivity contribution in [3.05, 3.63) is 90.3 Å². The first kappa shape index (κ1) is 18.9. The summed E-state index contributed by atoms with van der Waals surface area (Å²) in [7, 11) is 0. The molecule has 0 saturated heterocycles. The molecule has 3 aromatic heterocycles. The zero-order valence-corrected chi connectivity index (χ0v) is 15.6. The zero-order chi connectivity index (χ0) is 21.1. The molecule has 4 aromatic rings. The number of aromatic nitrogens is 3. The van der Waals surface area contributed by atoms with Crippen LogP contribution >= 0.6 is 0 Å². The second-order valence-electron chi connectivity index (χ2n) is 6.42. The fraction of sp³-hybridized carbons (Fsp3) is 0. The van der Waals surface area contributed by atoms with Gasteiger partial charge in [0.25, 0.3) is 0 Å². The molecule has 146 valence electrons. The fourth-order valence-corrected chi connectivity index (χ4v) is 2.98. The molecule has 0 aliphatic heterocycles. The Balaban J connectivity index is 1.92. The van der Waals surface area contributed by atoms with Gasteiger partial charge in [0.1, 0.15) is 11.4 Å². The monoisotopic (exact) mass is 397 g/mol. The fourth-order valence-electron chi connectivity index (χ4n) is 2.98. The standard InChI is InChI=1S/C23H15N3O4/c27-22(28)18-10-4-8-16(24-18)20-12-15(14-6-2-1-3-7-14)13-21(26-20)17-9-5-11-19(25-17)23(29)30/h1-13H,(H,27,28)(H,29,30). The third-order valence-corrected chi connectivity index (χ3v) is 4.39. The Morgan fingerprint density at radius 3 is 1.50 bits per heavy atom. The second-order valence-corrected chi connectivity index (χ2v) is 6.42. The minimum Gasteiger partial charge on any atom is -0.477 e. The van der Waals surface area contributed by atoms with Crippen molar-refractivity contribution in [2.24, 2.45) is 0 Å². The molecule has 0 aliphatic carbocycles. The number of pyridine rings is 3. The third kappa shape index (κ3) is 3.90. The van der Waals surface area contributed by atoms with Crippen LogP contribution in [0.4, 0.5) is 0 Å². The first-order chi connectivity index (χ1) is 14.5. The molecule has 3 heterocycles. The van der Waals surface area contributed by atoms with Gasteiger partial charge >= 0.3 is 11.9 Å². The Labute approximate surface area is 171 Å². The average Bonchev–Trinajstić information content (AvgIpc) is 2.79. The van der Waals surface area contributed by atoms with Crippen molar-refractivity contribution in [3.8, 4) is 33.9 Å². The van der Waals surface area contributed by atoms with Crippen molar-refractivity contribution in [1.29, 1.82) is 0 Å². The van der Waals surface area contributed by atoms with Gasteiger partial charge in [0.05, 0.1) is 22.8 Å². The Bertz CT molecular complexity index is 1180. The topological polar surface area (TPSA) is 113 Å². The molecule has 30 heavy (non-hydrogen) atoms. The minimum atomic E-state index is -1.13. The second kappa shape index (κ2) is 7.92. The molecule has 0 fully saturated rings. The van der Waals surface area contributed by atoms with E-state index in [-0.39, 0.29) is 11.4 Å². The van der Waals surface area contributed by atoms with Crippen LogP contribution in [0.5, 0.6) is 0 Å². The van der Waals surface area contributed by atoms with Gasteiger partial charge in [0.2, 0.25) is 0 Å². The molecule has 1 aromatic carbocycles. The molecular formula is C23H15N3O4. The number of carboxylic acids is 2. The molecule has 4 rings (SSSR count). The number of rotatable bonds is 5. The minimum absolute atomic E-state index is 0.0908. The lowest BCUT2D eigenvalue weighted by Gasteiger charge is -2.10. The lowest BCUT2D eigenvalue weighted by Crippen LogP contribution is -2.03. The quantitative estimate of drug-likeness (QED) is 0.517. The molecule has 7 heteroatoms. The summed E-state index contributed by atoms with van der Waals surface area (Å²) in [6, 6.07) is 22.6. The number of nitrogens with zero attached hydrogens (tertiary/aromatic N) is 3. The van der Waals surface area contributed by atoms with Crippen molar-refractivity contribution in [2.75, 3.05) is 0 Å². The van der Waals surface area contributed by atoms with Gasteiger partial charge in [-0.05, 0) is 47.5 Å². The van der Waals surface area contributed by atoms with Crippen LogP contribution in [-0.4, -0.2) is 37.1 Å². The van der Waals surface area contributed by atoms with Crippen LogP contribution in [0.25, 0.3) is 33.9 Å². The molecule has 7 nitrogen and oxygen atoms in total. The number of carbonyl (C=O) groups is 2. The number of hydrogen-bond acceptors (Lipinski definition) is 5. The molecule has 0 aliphatic rings. The SMILES string of the molecule is O=C(O)c1cccc(-c2cc(-c3ccccc3)cc(-c3cccc(C(=O)O)n3)n2)n1. The molecule has 0 atom stereocenters. The molecular weight excluding hydrogens is 382 g/mol. The van der Waals surface area contributed by atoms with E-state index in [1.54, 1.807) is 24.3 Å². The number of benzene rings is 1. The van der Waals surface area contributed by atoms with E-state index in [0.717, 1.165) is 11.1 Å². The summed E-state index contributed by atoms with van der Waals surface area (Å²) in [6.45, 7) is 0. The van der Waals surface area contributed by atoms with Gasteiger partial charge in [0, 0.05) is 0 Å². The number of hydrogen-bond donors (Lipinski definition) is 2. The molecule has 0 bridgehead atoms. The highest BCUT2D eigenvalue weighted by molar-refractivity contribution is 5.87. The third-order valence-electron chi connectivity index (χ3n) is 4.39. The predicted octanol–water partition coefficient (Wildman–Crippen LogP) is 4.27. The van der Waals surface area contributed by atoms with Crippen LogP contribution in [-0.2, 0) is 0 Å². The number of aromatic carboxylic acids is 2. The first-order valence-electron chi connectivity index (χ1n) is 9.00. The van der Waals surface area contributed by atoms with Crippen molar-refractivity contribution in [2.45, 2.75) is 0 Å². The summed E-state index contributed by atoms with van der Waals surface area (Å²) in [5.74, 6) is -2.26. The molecule has 0 radical (unpaired) electrons. The van der Waals surface area contributed by atoms with E-state index >= 15 is 0 Å². The normalized spacial score (nSPS) is 10.5. The highest BCUT2D eigenvalue weighted by Gasteiger charge is 2.14. The average molecular weight is 397 g/mol. The lowest BCUT2D eigenvalue weighted by molar-refractivity contribution is 0.0680. The van der Waals surface area contributed by atoms with Gasteiger partial charge in [-0.2, -0.15) is 0 Å². The zero-order valence-electron chi connectivity index (χ0n) is 15.6. The summed E-state index contributed by atoms with van der Waals surface area (Å²) < 4.78 is 0. The maximum Gasteiger partial charge on any atom is 0.354 e. The van der Waals surface area contributed by atoms with Crippen molar-refractivity contribution in [3.63, 3.8) is 0 Å². The van der Waals surface area contributed by atoms with Crippen molar-refractivity contribution in [1.82, 2.24) is 15.0 Å². The Kier molecular flexibility index (Phi) is 5.00. The van der Waals surface area contributed by atoms with Crippen LogP contribution in [0.1, 0.15) is 21.0 Å². The molecule has 0 amide bonds. The summed E-state index contributed by atoms with van der Waals surface area (Å²) >= 11 is 0. The Morgan fingerprint density at radius 1 is 0.533 bits per heavy atom. The Hall–Kier alpha value is -4.39. The van der Waals surface area contributed by atoms with E-state index in [0.29, 0.717) is 22.8 Å². The maximum absolute atomic E-state index is 11.3. The van der Waals surface area contributed by atoms with Gasteiger partial charge < -0.3 is 10.2 Å². The van der Waals surface area contributed by atoms with E-state index in [1.165, 1.54) is 12.1 Å². The smallest absolute Gasteiger partial charge is 0.354 e. The predicted molar refractivity (Wildman–Crippen MR) is 110 cm³/mol. The van der Waals surface area contributed by atoms with E-state index in [4.69, 9.17) is 0 Å². The lowest BCUT2D eigenvalue weighted by atomic mass is 10.0. The van der Waals surface area contributed by atoms with Crippen molar-refractivity contribution >= 4 is 11.9 Å². The number of carboxylic acid groups (broad SMARTS) is 2. The van der Waals surface area contributed by atoms with E-state index < -0.39 is 11.9 Å². The van der Waals surface area contributed by atoms with Crippen LogP contribution < -0.4 is 0 Å². The van der Waals surface area contributed by atoms with Crippen LogP contribution in [0.15, 0.2) is 78.9 Å². The van der Waals surface area contributed by atoms with E-state index in [2.05, 4.69) is 15.0 Å². The maximum atomic E-state index is 11.3. The highest BCUT2D eigenvalue weighted by atomic mass is 16.4. The van der Waals surface area contributed by atoms with Gasteiger partial charge in [0.15, 0.2) is 0 Å². The largest absolute Gasteiger partial charge is 0.477 e. The van der Waals surface area contributed by atoms with Gasteiger partial charge in [-0.1, -0.05) is 42.5 Å². The molecule has 0 saturated carbocycles. The molecule has 2 N–H and O–H groups in total. The molecule has 0 unspecified atom stereocenters. The first-order valence-corrected chi connectivity index (χ1v) is 9.00. The van der Waals surface area contributed by atoms with Gasteiger partial charge in [-0.15, -0.1) is 0 Å².